The second-order valence-electron chi connectivity index (χ2n) is 7.22. The van der Waals surface area contributed by atoms with E-state index in [0.29, 0.717) is 32.5 Å². The number of nitrogens with zero attached hydrogens (tertiary/aromatic N) is 3. The largest absolute Gasteiger partial charge is 0.372 e. The van der Waals surface area contributed by atoms with Crippen molar-refractivity contribution in [2.24, 2.45) is 0 Å². The van der Waals surface area contributed by atoms with Gasteiger partial charge >= 0.3 is 0 Å². The van der Waals surface area contributed by atoms with Crippen LogP contribution in [0.2, 0.25) is 0 Å². The smallest absolute Gasteiger partial charge is 0.224 e. The molecule has 2 aliphatic heterocycles. The molecule has 1 aromatic rings. The normalized spacial score (nSPS) is 21.5. The van der Waals surface area contributed by atoms with Crippen molar-refractivity contribution in [3.05, 3.63) is 30.1 Å². The number of carbonyl (C=O) groups excluding carboxylic acids is 2. The lowest BCUT2D eigenvalue weighted by Crippen LogP contribution is -2.44. The summed E-state index contributed by atoms with van der Waals surface area (Å²) in [4.78, 5) is 32.5. The van der Waals surface area contributed by atoms with E-state index in [2.05, 4.69) is 4.98 Å². The number of ether oxygens (including phenoxy) is 1. The molecule has 26 heavy (non-hydrogen) atoms. The molecule has 3 rings (SSSR count). The first kappa shape index (κ1) is 18.8. The van der Waals surface area contributed by atoms with Gasteiger partial charge < -0.3 is 14.5 Å². The first-order chi connectivity index (χ1) is 12.7. The molecule has 0 radical (unpaired) electrons. The van der Waals surface area contributed by atoms with Crippen molar-refractivity contribution in [1.29, 1.82) is 0 Å². The van der Waals surface area contributed by atoms with E-state index in [1.54, 1.807) is 6.20 Å². The molecule has 0 unspecified atom stereocenters. The van der Waals surface area contributed by atoms with E-state index in [4.69, 9.17) is 4.74 Å². The molecular formula is C20H29N3O3. The Hall–Kier alpha value is -1.95. The van der Waals surface area contributed by atoms with Gasteiger partial charge in [-0.25, -0.2) is 0 Å². The van der Waals surface area contributed by atoms with E-state index < -0.39 is 0 Å². The van der Waals surface area contributed by atoms with Crippen LogP contribution in [-0.2, 0) is 20.9 Å². The van der Waals surface area contributed by atoms with E-state index in [0.717, 1.165) is 50.8 Å². The summed E-state index contributed by atoms with van der Waals surface area (Å²) in [5.74, 6) is 0.336. The van der Waals surface area contributed by atoms with Crippen molar-refractivity contribution in [1.82, 2.24) is 14.8 Å². The maximum atomic E-state index is 12.6. The minimum Gasteiger partial charge on any atom is -0.372 e. The molecule has 2 fully saturated rings. The van der Waals surface area contributed by atoms with Crippen LogP contribution in [-0.4, -0.2) is 58.9 Å². The van der Waals surface area contributed by atoms with E-state index in [1.165, 1.54) is 0 Å². The Balaban J connectivity index is 1.43. The molecule has 6 nitrogen and oxygen atoms in total. The summed E-state index contributed by atoms with van der Waals surface area (Å²) < 4.78 is 5.98. The highest BCUT2D eigenvalue weighted by Crippen LogP contribution is 2.17. The van der Waals surface area contributed by atoms with Crippen LogP contribution < -0.4 is 0 Å². The summed E-state index contributed by atoms with van der Waals surface area (Å²) in [6.07, 6.45) is 9.76. The highest BCUT2D eigenvalue weighted by atomic mass is 16.5. The van der Waals surface area contributed by atoms with Gasteiger partial charge in [0.25, 0.3) is 0 Å². The van der Waals surface area contributed by atoms with Gasteiger partial charge in [-0.1, -0.05) is 12.5 Å². The lowest BCUT2D eigenvalue weighted by molar-refractivity contribution is -0.137. The Morgan fingerprint density at radius 2 is 2.15 bits per heavy atom. The molecule has 1 aromatic heterocycles. The Morgan fingerprint density at radius 3 is 3.00 bits per heavy atom. The van der Waals surface area contributed by atoms with Crippen LogP contribution >= 0.6 is 0 Å². The van der Waals surface area contributed by atoms with Gasteiger partial charge in [-0.15, -0.1) is 0 Å². The minimum absolute atomic E-state index is 0.0766. The topological polar surface area (TPSA) is 62.7 Å². The molecule has 1 atom stereocenters. The zero-order valence-corrected chi connectivity index (χ0v) is 15.4. The van der Waals surface area contributed by atoms with E-state index in [1.807, 2.05) is 28.1 Å². The molecule has 6 heteroatoms. The second kappa shape index (κ2) is 9.67. The molecule has 0 bridgehead atoms. The lowest BCUT2D eigenvalue weighted by Gasteiger charge is -2.33. The van der Waals surface area contributed by atoms with Gasteiger partial charge in [-0.3, -0.25) is 14.6 Å². The van der Waals surface area contributed by atoms with Gasteiger partial charge in [0.1, 0.15) is 0 Å². The third-order valence-corrected chi connectivity index (χ3v) is 5.21. The number of rotatable bonds is 6. The van der Waals surface area contributed by atoms with Gasteiger partial charge in [0.2, 0.25) is 11.8 Å². The molecule has 142 valence electrons. The molecule has 3 heterocycles. The first-order valence-corrected chi connectivity index (χ1v) is 9.78. The highest BCUT2D eigenvalue weighted by Gasteiger charge is 2.25. The van der Waals surface area contributed by atoms with Crippen molar-refractivity contribution in [3.63, 3.8) is 0 Å². The quantitative estimate of drug-likeness (QED) is 0.782. The lowest BCUT2D eigenvalue weighted by atomic mass is 10.1. The fourth-order valence-corrected chi connectivity index (χ4v) is 3.66. The first-order valence-electron chi connectivity index (χ1n) is 9.78. The van der Waals surface area contributed by atoms with Gasteiger partial charge in [0.15, 0.2) is 0 Å². The summed E-state index contributed by atoms with van der Waals surface area (Å²) in [6.45, 7) is 3.31. The van der Waals surface area contributed by atoms with Crippen molar-refractivity contribution in [2.45, 2.75) is 57.7 Å². The Kier molecular flexibility index (Phi) is 7.00. The Bertz CT molecular complexity index is 593. The van der Waals surface area contributed by atoms with Crippen LogP contribution in [0, 0.1) is 0 Å². The Morgan fingerprint density at radius 1 is 1.23 bits per heavy atom. The van der Waals surface area contributed by atoms with Crippen LogP contribution in [0.25, 0.3) is 0 Å². The average molecular weight is 359 g/mol. The summed E-state index contributed by atoms with van der Waals surface area (Å²) in [5.41, 5.74) is 1.05. The summed E-state index contributed by atoms with van der Waals surface area (Å²) in [7, 11) is 0. The average Bonchev–Trinajstić information content (AvgIpc) is 2.89. The Labute approximate surface area is 155 Å². The van der Waals surface area contributed by atoms with Gasteiger partial charge in [-0.2, -0.15) is 0 Å². The van der Waals surface area contributed by atoms with Crippen LogP contribution in [0.15, 0.2) is 24.5 Å². The zero-order chi connectivity index (χ0) is 18.2. The predicted molar refractivity (Wildman–Crippen MR) is 98.3 cm³/mol. The number of carbonyl (C=O) groups is 2. The van der Waals surface area contributed by atoms with Crippen molar-refractivity contribution in [3.8, 4) is 0 Å². The number of hydrogen-bond donors (Lipinski definition) is 0. The predicted octanol–water partition coefficient (Wildman–Crippen LogP) is 2.38. The molecule has 0 spiro atoms. The third kappa shape index (κ3) is 5.53. The van der Waals surface area contributed by atoms with Crippen molar-refractivity contribution >= 4 is 11.8 Å². The molecule has 0 N–H and O–H groups in total. The van der Waals surface area contributed by atoms with Gasteiger partial charge in [-0.05, 0) is 37.3 Å². The van der Waals surface area contributed by atoms with Gasteiger partial charge in [0.05, 0.1) is 12.7 Å². The maximum absolute atomic E-state index is 12.6. The summed E-state index contributed by atoms with van der Waals surface area (Å²) >= 11 is 0. The summed E-state index contributed by atoms with van der Waals surface area (Å²) in [6, 6.07) is 3.90. The second-order valence-corrected chi connectivity index (χ2v) is 7.22. The minimum atomic E-state index is 0.0766. The molecule has 0 aliphatic carbocycles. The number of pyridine rings is 1. The summed E-state index contributed by atoms with van der Waals surface area (Å²) in [5, 5.41) is 0. The zero-order valence-electron chi connectivity index (χ0n) is 15.4. The SMILES string of the molecule is O=C1CCCCCN1CCC(=O)N1CCC[C@H](OCc2cccnc2)C1. The number of hydrogen-bond acceptors (Lipinski definition) is 4. The van der Waals surface area contributed by atoms with Crippen molar-refractivity contribution < 1.29 is 14.3 Å². The molecule has 2 aliphatic rings. The molecule has 0 saturated carbocycles. The number of likely N-dealkylation sites (tertiary alicyclic amines) is 2. The highest BCUT2D eigenvalue weighted by molar-refractivity contribution is 5.79. The van der Waals surface area contributed by atoms with Crippen molar-refractivity contribution in [2.75, 3.05) is 26.2 Å². The standard InChI is InChI=1S/C20H29N3O3/c24-19-8-2-1-3-11-22(19)13-9-20(25)23-12-5-7-18(15-23)26-16-17-6-4-10-21-14-17/h4,6,10,14,18H,1-3,5,7-9,11-13,15-16H2/t18-/m0/s1. The fourth-order valence-electron chi connectivity index (χ4n) is 3.66. The van der Waals surface area contributed by atoms with Crippen LogP contribution in [0.4, 0.5) is 0 Å². The van der Waals surface area contributed by atoms with Crippen LogP contribution in [0.3, 0.4) is 0 Å². The van der Waals surface area contributed by atoms with Crippen LogP contribution in [0.1, 0.15) is 50.5 Å². The number of amides is 2. The van der Waals surface area contributed by atoms with Crippen LogP contribution in [0.5, 0.6) is 0 Å². The monoisotopic (exact) mass is 359 g/mol. The fraction of sp³-hybridized carbons (Fsp3) is 0.650. The van der Waals surface area contributed by atoms with E-state index >= 15 is 0 Å². The maximum Gasteiger partial charge on any atom is 0.224 e. The van der Waals surface area contributed by atoms with Gasteiger partial charge in [0, 0.05) is 51.4 Å². The molecule has 2 saturated heterocycles. The van der Waals surface area contributed by atoms with E-state index in [-0.39, 0.29) is 17.9 Å². The van der Waals surface area contributed by atoms with E-state index in [9.17, 15) is 9.59 Å². The molecule has 0 aromatic carbocycles. The number of piperidine rings is 1. The molecule has 2 amide bonds. The third-order valence-electron chi connectivity index (χ3n) is 5.21. The molecular weight excluding hydrogens is 330 g/mol. The number of aromatic nitrogens is 1.